The van der Waals surface area contributed by atoms with Crippen LogP contribution in [0.2, 0.25) is 0 Å². The molecule has 0 aliphatic heterocycles. The van der Waals surface area contributed by atoms with E-state index in [4.69, 9.17) is 5.21 Å². The largest absolute Gasteiger partial charge is 0.288 e. The first-order chi connectivity index (χ1) is 11.4. The summed E-state index contributed by atoms with van der Waals surface area (Å²) in [6.45, 7) is 0. The van der Waals surface area contributed by atoms with Crippen LogP contribution in [0.25, 0.3) is 0 Å². The predicted molar refractivity (Wildman–Crippen MR) is 89.5 cm³/mol. The Bertz CT molecular complexity index is 811. The van der Waals surface area contributed by atoms with Crippen molar-refractivity contribution in [2.75, 3.05) is 7.05 Å². The van der Waals surface area contributed by atoms with Gasteiger partial charge in [0.05, 0.1) is 11.8 Å². The minimum absolute atomic E-state index is 0.0372. The Morgan fingerprint density at radius 3 is 2.62 bits per heavy atom. The zero-order chi connectivity index (χ0) is 17.7. The number of nitrogens with one attached hydrogen (secondary N) is 1. The third-order valence-corrected chi connectivity index (χ3v) is 3.82. The standard InChI is InChI=1S/C16H13BrFN3O3/c1-21(16(23)12-4-2-3-5-13(12)17)19-9-11-7-6-10(8-14(11)18)15(22)20-24/h2-9,24H,1H3,(H,20,22)/b19-9+. The third kappa shape index (κ3) is 4.03. The SMILES string of the molecule is CN(/N=C/c1ccc(C(=O)NO)cc1F)C(=O)c1ccccc1Br. The van der Waals surface area contributed by atoms with Gasteiger partial charge in [-0.05, 0) is 46.3 Å². The van der Waals surface area contributed by atoms with Gasteiger partial charge in [-0.25, -0.2) is 14.9 Å². The van der Waals surface area contributed by atoms with Crippen LogP contribution in [0.5, 0.6) is 0 Å². The Labute approximate surface area is 145 Å². The number of carbonyl (C=O) groups excluding carboxylic acids is 2. The van der Waals surface area contributed by atoms with Gasteiger partial charge in [0.15, 0.2) is 0 Å². The van der Waals surface area contributed by atoms with Gasteiger partial charge in [0.25, 0.3) is 11.8 Å². The summed E-state index contributed by atoms with van der Waals surface area (Å²) in [6.07, 6.45) is 1.17. The summed E-state index contributed by atoms with van der Waals surface area (Å²) >= 11 is 3.28. The lowest BCUT2D eigenvalue weighted by molar-refractivity contribution is 0.0705. The Balaban J connectivity index is 2.17. The molecule has 2 amide bonds. The van der Waals surface area contributed by atoms with Crippen molar-refractivity contribution in [3.05, 3.63) is 69.4 Å². The highest BCUT2D eigenvalue weighted by atomic mass is 79.9. The van der Waals surface area contributed by atoms with Gasteiger partial charge in [-0.15, -0.1) is 0 Å². The van der Waals surface area contributed by atoms with Crippen LogP contribution >= 0.6 is 15.9 Å². The maximum atomic E-state index is 13.9. The summed E-state index contributed by atoms with van der Waals surface area (Å²) in [7, 11) is 1.45. The number of carbonyl (C=O) groups is 2. The van der Waals surface area contributed by atoms with E-state index in [9.17, 15) is 14.0 Å². The first kappa shape index (κ1) is 17.8. The number of amides is 2. The van der Waals surface area contributed by atoms with Crippen molar-refractivity contribution in [2.45, 2.75) is 0 Å². The van der Waals surface area contributed by atoms with Crippen molar-refractivity contribution >= 4 is 34.0 Å². The molecule has 0 saturated heterocycles. The van der Waals surface area contributed by atoms with Gasteiger partial charge >= 0.3 is 0 Å². The summed E-state index contributed by atoms with van der Waals surface area (Å²) < 4.78 is 14.5. The molecule has 0 aliphatic carbocycles. The number of hydrazone groups is 1. The van der Waals surface area contributed by atoms with E-state index in [2.05, 4.69) is 21.0 Å². The number of halogens is 2. The molecule has 0 atom stereocenters. The van der Waals surface area contributed by atoms with Crippen LogP contribution in [0.4, 0.5) is 4.39 Å². The van der Waals surface area contributed by atoms with Crippen LogP contribution in [-0.4, -0.2) is 35.3 Å². The molecular formula is C16H13BrFN3O3. The molecule has 0 saturated carbocycles. The van der Waals surface area contributed by atoms with E-state index >= 15 is 0 Å². The second-order valence-corrected chi connectivity index (χ2v) is 5.58. The molecular weight excluding hydrogens is 381 g/mol. The smallest absolute Gasteiger partial charge is 0.274 e. The molecule has 0 fully saturated rings. The van der Waals surface area contributed by atoms with Crippen LogP contribution in [0.1, 0.15) is 26.3 Å². The molecule has 0 spiro atoms. The summed E-state index contributed by atoms with van der Waals surface area (Å²) in [6, 6.07) is 10.5. The number of hydrogen-bond donors (Lipinski definition) is 2. The number of hydroxylamine groups is 1. The molecule has 0 unspecified atom stereocenters. The van der Waals surface area contributed by atoms with Crippen LogP contribution in [-0.2, 0) is 0 Å². The molecule has 0 aromatic heterocycles. The van der Waals surface area contributed by atoms with Crippen molar-refractivity contribution in [1.29, 1.82) is 0 Å². The maximum Gasteiger partial charge on any atom is 0.274 e. The fraction of sp³-hybridized carbons (Fsp3) is 0.0625. The van der Waals surface area contributed by atoms with Gasteiger partial charge in [-0.1, -0.05) is 12.1 Å². The van der Waals surface area contributed by atoms with Crippen LogP contribution < -0.4 is 5.48 Å². The monoisotopic (exact) mass is 393 g/mol. The minimum atomic E-state index is -0.821. The van der Waals surface area contributed by atoms with Gasteiger partial charge in [0.2, 0.25) is 0 Å². The number of hydrogen-bond acceptors (Lipinski definition) is 4. The molecule has 2 aromatic carbocycles. The van der Waals surface area contributed by atoms with Crippen LogP contribution in [0, 0.1) is 5.82 Å². The third-order valence-electron chi connectivity index (χ3n) is 3.13. The van der Waals surface area contributed by atoms with E-state index in [1.54, 1.807) is 24.3 Å². The normalized spacial score (nSPS) is 10.7. The van der Waals surface area contributed by atoms with E-state index in [0.717, 1.165) is 11.1 Å². The fourth-order valence-electron chi connectivity index (χ4n) is 1.85. The van der Waals surface area contributed by atoms with E-state index in [0.29, 0.717) is 10.0 Å². The first-order valence-corrected chi connectivity index (χ1v) is 7.54. The molecule has 0 aliphatic rings. The molecule has 6 nitrogen and oxygen atoms in total. The summed E-state index contributed by atoms with van der Waals surface area (Å²) in [5.41, 5.74) is 1.90. The molecule has 2 rings (SSSR count). The maximum absolute atomic E-state index is 13.9. The first-order valence-electron chi connectivity index (χ1n) is 6.74. The topological polar surface area (TPSA) is 82.0 Å². The Morgan fingerprint density at radius 1 is 1.29 bits per heavy atom. The van der Waals surface area contributed by atoms with Gasteiger partial charge < -0.3 is 0 Å². The van der Waals surface area contributed by atoms with Crippen molar-refractivity contribution < 1.29 is 19.2 Å². The molecule has 2 aromatic rings. The molecule has 2 N–H and O–H groups in total. The van der Waals surface area contributed by atoms with Crippen LogP contribution in [0.15, 0.2) is 52.0 Å². The fourth-order valence-corrected chi connectivity index (χ4v) is 2.30. The van der Waals surface area contributed by atoms with Crippen molar-refractivity contribution in [1.82, 2.24) is 10.5 Å². The summed E-state index contributed by atoms with van der Waals surface area (Å²) in [4.78, 5) is 23.5. The van der Waals surface area contributed by atoms with Gasteiger partial charge in [0.1, 0.15) is 5.82 Å². The average Bonchev–Trinajstić information content (AvgIpc) is 2.59. The molecule has 0 radical (unpaired) electrons. The second kappa shape index (κ2) is 7.80. The van der Waals surface area contributed by atoms with Crippen molar-refractivity contribution in [2.24, 2.45) is 5.10 Å². The zero-order valence-electron chi connectivity index (χ0n) is 12.5. The van der Waals surface area contributed by atoms with Gasteiger partial charge in [-0.3, -0.25) is 14.8 Å². The lowest BCUT2D eigenvalue weighted by atomic mass is 10.1. The lowest BCUT2D eigenvalue weighted by Gasteiger charge is -2.12. The molecule has 0 bridgehead atoms. The van der Waals surface area contributed by atoms with Gasteiger partial charge in [-0.2, -0.15) is 5.10 Å². The predicted octanol–water partition coefficient (Wildman–Crippen LogP) is 2.81. The highest BCUT2D eigenvalue weighted by Crippen LogP contribution is 2.17. The van der Waals surface area contributed by atoms with Gasteiger partial charge in [0, 0.05) is 22.6 Å². The molecule has 24 heavy (non-hydrogen) atoms. The van der Waals surface area contributed by atoms with E-state index in [-0.39, 0.29) is 17.0 Å². The van der Waals surface area contributed by atoms with Crippen molar-refractivity contribution in [3.8, 4) is 0 Å². The summed E-state index contributed by atoms with van der Waals surface area (Å²) in [5, 5.41) is 13.5. The molecule has 8 heteroatoms. The van der Waals surface area contributed by atoms with E-state index in [1.807, 2.05) is 0 Å². The lowest BCUT2D eigenvalue weighted by Crippen LogP contribution is -2.22. The molecule has 0 heterocycles. The second-order valence-electron chi connectivity index (χ2n) is 4.73. The highest BCUT2D eigenvalue weighted by molar-refractivity contribution is 9.10. The minimum Gasteiger partial charge on any atom is -0.288 e. The number of nitrogens with zero attached hydrogens (tertiary/aromatic N) is 2. The summed E-state index contributed by atoms with van der Waals surface area (Å²) in [5.74, 6) is -1.89. The average molecular weight is 394 g/mol. The highest BCUT2D eigenvalue weighted by Gasteiger charge is 2.14. The Hall–Kier alpha value is -2.58. The van der Waals surface area contributed by atoms with E-state index in [1.165, 1.54) is 30.9 Å². The quantitative estimate of drug-likeness (QED) is 0.476. The number of rotatable bonds is 4. The molecule has 124 valence electrons. The Kier molecular flexibility index (Phi) is 5.78. The Morgan fingerprint density at radius 2 is 2.00 bits per heavy atom. The van der Waals surface area contributed by atoms with Crippen molar-refractivity contribution in [3.63, 3.8) is 0 Å². The zero-order valence-corrected chi connectivity index (χ0v) is 14.1. The van der Waals surface area contributed by atoms with Crippen LogP contribution in [0.3, 0.4) is 0 Å². The number of benzene rings is 2. The van der Waals surface area contributed by atoms with E-state index < -0.39 is 11.7 Å².